The molecule has 1 aromatic rings. The lowest BCUT2D eigenvalue weighted by molar-refractivity contribution is -0.0626. The first-order valence-electron chi connectivity index (χ1n) is 6.91. The fourth-order valence-electron chi connectivity index (χ4n) is 2.33. The standard InChI is InChI=1S/C15H22FNO3/c1-11(12-3-4-13(16)14(9-12)19-2)17-10-15(18)5-7-20-8-6-15/h3-4,9,11,17-18H,5-8,10H2,1-2H3. The Labute approximate surface area is 118 Å². The molecule has 0 radical (unpaired) electrons. The van der Waals surface area contributed by atoms with Gasteiger partial charge in [-0.3, -0.25) is 0 Å². The Balaban J connectivity index is 1.95. The first-order valence-corrected chi connectivity index (χ1v) is 6.91. The van der Waals surface area contributed by atoms with Crippen LogP contribution in [0.25, 0.3) is 0 Å². The van der Waals surface area contributed by atoms with Gasteiger partial charge in [-0.1, -0.05) is 6.07 Å². The van der Waals surface area contributed by atoms with Gasteiger partial charge < -0.3 is 19.9 Å². The van der Waals surface area contributed by atoms with E-state index in [2.05, 4.69) is 5.32 Å². The molecule has 0 aliphatic carbocycles. The highest BCUT2D eigenvalue weighted by molar-refractivity contribution is 5.31. The van der Waals surface area contributed by atoms with Gasteiger partial charge in [0.15, 0.2) is 11.6 Å². The molecule has 0 spiro atoms. The molecule has 2 N–H and O–H groups in total. The Kier molecular flexibility index (Phi) is 4.96. The van der Waals surface area contributed by atoms with Gasteiger partial charge in [0.2, 0.25) is 0 Å². The lowest BCUT2D eigenvalue weighted by Gasteiger charge is -2.33. The van der Waals surface area contributed by atoms with E-state index in [0.29, 0.717) is 32.6 Å². The Hall–Kier alpha value is -1.17. The summed E-state index contributed by atoms with van der Waals surface area (Å²) in [6, 6.07) is 4.82. The molecule has 1 aliphatic rings. The predicted molar refractivity (Wildman–Crippen MR) is 74.4 cm³/mol. The number of aliphatic hydroxyl groups is 1. The SMILES string of the molecule is COc1cc(C(C)NCC2(O)CCOCC2)ccc1F. The minimum Gasteiger partial charge on any atom is -0.494 e. The summed E-state index contributed by atoms with van der Waals surface area (Å²) < 4.78 is 23.6. The van der Waals surface area contributed by atoms with Crippen molar-refractivity contribution in [3.63, 3.8) is 0 Å². The minimum atomic E-state index is -0.712. The van der Waals surface area contributed by atoms with Gasteiger partial charge in [-0.05, 0) is 24.6 Å². The number of halogens is 1. The molecular weight excluding hydrogens is 261 g/mol. The maximum atomic E-state index is 13.4. The molecule has 0 aromatic heterocycles. The van der Waals surface area contributed by atoms with E-state index in [1.807, 2.05) is 6.92 Å². The third-order valence-electron chi connectivity index (χ3n) is 3.84. The molecule has 0 saturated carbocycles. The molecule has 1 aliphatic heterocycles. The summed E-state index contributed by atoms with van der Waals surface area (Å²) in [7, 11) is 1.45. The normalized spacial score (nSPS) is 19.6. The summed E-state index contributed by atoms with van der Waals surface area (Å²) in [5.74, 6) is -0.132. The molecule has 20 heavy (non-hydrogen) atoms. The minimum absolute atomic E-state index is 0.0105. The number of methoxy groups -OCH3 is 1. The molecule has 112 valence electrons. The van der Waals surface area contributed by atoms with Crippen molar-refractivity contribution >= 4 is 0 Å². The van der Waals surface area contributed by atoms with Gasteiger partial charge >= 0.3 is 0 Å². The van der Waals surface area contributed by atoms with Crippen LogP contribution in [0.3, 0.4) is 0 Å². The molecular formula is C15H22FNO3. The second-order valence-electron chi connectivity index (χ2n) is 5.33. The molecule has 1 atom stereocenters. The van der Waals surface area contributed by atoms with E-state index in [1.54, 1.807) is 12.1 Å². The summed E-state index contributed by atoms with van der Waals surface area (Å²) >= 11 is 0. The van der Waals surface area contributed by atoms with E-state index >= 15 is 0 Å². The van der Waals surface area contributed by atoms with Crippen LogP contribution in [-0.4, -0.2) is 37.6 Å². The summed E-state index contributed by atoms with van der Waals surface area (Å²) in [4.78, 5) is 0. The lowest BCUT2D eigenvalue weighted by atomic mass is 9.94. The third-order valence-corrected chi connectivity index (χ3v) is 3.84. The van der Waals surface area contributed by atoms with Crippen molar-refractivity contribution in [1.82, 2.24) is 5.32 Å². The highest BCUT2D eigenvalue weighted by atomic mass is 19.1. The van der Waals surface area contributed by atoms with Gasteiger partial charge in [-0.25, -0.2) is 4.39 Å². The highest BCUT2D eigenvalue weighted by Crippen LogP contribution is 2.24. The molecule has 1 heterocycles. The Morgan fingerprint density at radius 3 is 2.80 bits per heavy atom. The third kappa shape index (κ3) is 3.69. The monoisotopic (exact) mass is 283 g/mol. The number of hydrogen-bond acceptors (Lipinski definition) is 4. The number of hydrogen-bond donors (Lipinski definition) is 2. The van der Waals surface area contributed by atoms with E-state index in [1.165, 1.54) is 13.2 Å². The van der Waals surface area contributed by atoms with Gasteiger partial charge in [-0.15, -0.1) is 0 Å². The van der Waals surface area contributed by atoms with E-state index < -0.39 is 5.60 Å². The maximum absolute atomic E-state index is 13.4. The zero-order valence-corrected chi connectivity index (χ0v) is 12.0. The van der Waals surface area contributed by atoms with Crippen molar-refractivity contribution in [3.05, 3.63) is 29.6 Å². The zero-order valence-electron chi connectivity index (χ0n) is 12.0. The number of ether oxygens (including phenoxy) is 2. The van der Waals surface area contributed by atoms with Crippen molar-refractivity contribution in [2.75, 3.05) is 26.9 Å². The van der Waals surface area contributed by atoms with Crippen LogP contribution < -0.4 is 10.1 Å². The van der Waals surface area contributed by atoms with E-state index in [9.17, 15) is 9.50 Å². The van der Waals surface area contributed by atoms with Gasteiger partial charge in [0.05, 0.1) is 12.7 Å². The van der Waals surface area contributed by atoms with Gasteiger partial charge in [0.1, 0.15) is 0 Å². The fraction of sp³-hybridized carbons (Fsp3) is 0.600. The van der Waals surface area contributed by atoms with Crippen LogP contribution >= 0.6 is 0 Å². The fourth-order valence-corrected chi connectivity index (χ4v) is 2.33. The summed E-state index contributed by atoms with van der Waals surface area (Å²) in [6.07, 6.45) is 1.28. The van der Waals surface area contributed by atoms with E-state index in [4.69, 9.17) is 9.47 Å². The molecule has 4 nitrogen and oxygen atoms in total. The van der Waals surface area contributed by atoms with Crippen molar-refractivity contribution in [2.45, 2.75) is 31.4 Å². The van der Waals surface area contributed by atoms with Gasteiger partial charge in [0, 0.05) is 38.6 Å². The number of nitrogens with one attached hydrogen (secondary N) is 1. The quantitative estimate of drug-likeness (QED) is 0.868. The Morgan fingerprint density at radius 2 is 2.15 bits per heavy atom. The summed E-state index contributed by atoms with van der Waals surface area (Å²) in [5.41, 5.74) is 0.218. The first kappa shape index (κ1) is 15.2. The molecule has 1 saturated heterocycles. The Morgan fingerprint density at radius 1 is 1.45 bits per heavy atom. The van der Waals surface area contributed by atoms with Crippen LogP contribution in [-0.2, 0) is 4.74 Å². The highest BCUT2D eigenvalue weighted by Gasteiger charge is 2.29. The molecule has 1 unspecified atom stereocenters. The molecule has 0 bridgehead atoms. The largest absolute Gasteiger partial charge is 0.494 e. The summed E-state index contributed by atoms with van der Waals surface area (Å²) in [5, 5.41) is 13.7. The average molecular weight is 283 g/mol. The maximum Gasteiger partial charge on any atom is 0.165 e. The van der Waals surface area contributed by atoms with Crippen LogP contribution in [0, 0.1) is 5.82 Å². The van der Waals surface area contributed by atoms with Crippen molar-refractivity contribution < 1.29 is 19.0 Å². The second-order valence-corrected chi connectivity index (χ2v) is 5.33. The van der Waals surface area contributed by atoms with E-state index in [-0.39, 0.29) is 17.6 Å². The molecule has 2 rings (SSSR count). The van der Waals surface area contributed by atoms with Crippen LogP contribution in [0.5, 0.6) is 5.75 Å². The van der Waals surface area contributed by atoms with Crippen LogP contribution in [0.1, 0.15) is 31.4 Å². The van der Waals surface area contributed by atoms with E-state index in [0.717, 1.165) is 5.56 Å². The molecule has 0 amide bonds. The van der Waals surface area contributed by atoms with Crippen LogP contribution in [0.15, 0.2) is 18.2 Å². The Bertz CT molecular complexity index is 447. The number of benzene rings is 1. The molecule has 1 aromatic carbocycles. The first-order chi connectivity index (χ1) is 9.54. The molecule has 5 heteroatoms. The zero-order chi connectivity index (χ0) is 14.6. The predicted octanol–water partition coefficient (Wildman–Crippen LogP) is 2.03. The number of rotatable bonds is 5. The van der Waals surface area contributed by atoms with Crippen molar-refractivity contribution in [2.24, 2.45) is 0 Å². The topological polar surface area (TPSA) is 50.7 Å². The van der Waals surface area contributed by atoms with Crippen molar-refractivity contribution in [1.29, 1.82) is 0 Å². The van der Waals surface area contributed by atoms with Crippen molar-refractivity contribution in [3.8, 4) is 5.75 Å². The lowest BCUT2D eigenvalue weighted by Crippen LogP contribution is -2.45. The molecule has 1 fully saturated rings. The average Bonchev–Trinajstić information content (AvgIpc) is 2.46. The van der Waals surface area contributed by atoms with Gasteiger partial charge in [-0.2, -0.15) is 0 Å². The smallest absolute Gasteiger partial charge is 0.165 e. The van der Waals surface area contributed by atoms with Gasteiger partial charge in [0.25, 0.3) is 0 Å². The van der Waals surface area contributed by atoms with Crippen LogP contribution in [0.4, 0.5) is 4.39 Å². The second kappa shape index (κ2) is 6.52. The van der Waals surface area contributed by atoms with Crippen LogP contribution in [0.2, 0.25) is 0 Å². The summed E-state index contributed by atoms with van der Waals surface area (Å²) in [6.45, 7) is 3.67.